The third-order valence-electron chi connectivity index (χ3n) is 1.49. The molecule has 0 aromatic rings. The Morgan fingerprint density at radius 3 is 2.62 bits per heavy atom. The third kappa shape index (κ3) is 2.78. The summed E-state index contributed by atoms with van der Waals surface area (Å²) in [5.74, 6) is -0.459. The molecule has 13 heavy (non-hydrogen) atoms. The van der Waals surface area contributed by atoms with E-state index in [1.165, 1.54) is 0 Å². The quantitative estimate of drug-likeness (QED) is 0.374. The fourth-order valence-corrected chi connectivity index (χ4v) is 0.914. The fourth-order valence-electron chi connectivity index (χ4n) is 0.914. The minimum Gasteiger partial charge on any atom is -0.475 e. The van der Waals surface area contributed by atoms with Crippen LogP contribution in [0.3, 0.4) is 0 Å². The number of hydrogen-bond acceptors (Lipinski definition) is 3. The van der Waals surface area contributed by atoms with Crippen molar-refractivity contribution in [3.63, 3.8) is 0 Å². The van der Waals surface area contributed by atoms with Crippen LogP contribution in [0.15, 0.2) is 36.6 Å². The Balaban J connectivity index is 2.36. The molecule has 0 heterocycles. The third-order valence-corrected chi connectivity index (χ3v) is 1.49. The van der Waals surface area contributed by atoms with E-state index in [0.29, 0.717) is 6.61 Å². The molecule has 0 aromatic heterocycles. The molecule has 0 atom stereocenters. The Bertz CT molecular complexity index is 251. The fraction of sp³-hybridized carbons (Fsp3) is 0.300. The highest BCUT2D eigenvalue weighted by Gasteiger charge is 2.13. The summed E-state index contributed by atoms with van der Waals surface area (Å²) in [6, 6.07) is 0. The molecule has 0 fully saturated rings. The van der Waals surface area contributed by atoms with E-state index < -0.39 is 5.97 Å². The van der Waals surface area contributed by atoms with Crippen LogP contribution in [0.2, 0.25) is 0 Å². The summed E-state index contributed by atoms with van der Waals surface area (Å²) in [5.41, 5.74) is 0. The van der Waals surface area contributed by atoms with E-state index in [4.69, 9.17) is 9.47 Å². The Kier molecular flexibility index (Phi) is 3.31. The summed E-state index contributed by atoms with van der Waals surface area (Å²) in [4.78, 5) is 11.0. The summed E-state index contributed by atoms with van der Waals surface area (Å²) in [6.07, 6.45) is 7.16. The lowest BCUT2D eigenvalue weighted by atomic mass is 10.4. The number of carbonyl (C=O) groups excluding carboxylic acids is 1. The van der Waals surface area contributed by atoms with Crippen molar-refractivity contribution in [3.05, 3.63) is 36.6 Å². The standard InChI is InChI=1S/C10H12O3/c1-3-12-10(11)8(2)13-9-6-4-5-7-9/h4-7,9H,2-3H2,1H3. The van der Waals surface area contributed by atoms with E-state index in [0.717, 1.165) is 0 Å². The van der Waals surface area contributed by atoms with E-state index in [1.54, 1.807) is 6.92 Å². The van der Waals surface area contributed by atoms with Crippen molar-refractivity contribution < 1.29 is 14.3 Å². The van der Waals surface area contributed by atoms with Crippen LogP contribution in [-0.4, -0.2) is 18.7 Å². The van der Waals surface area contributed by atoms with Crippen LogP contribution in [0.4, 0.5) is 0 Å². The zero-order chi connectivity index (χ0) is 9.68. The first-order chi connectivity index (χ1) is 6.24. The number of hydrogen-bond donors (Lipinski definition) is 0. The summed E-state index contributed by atoms with van der Waals surface area (Å²) >= 11 is 0. The van der Waals surface area contributed by atoms with Gasteiger partial charge in [0.05, 0.1) is 6.61 Å². The van der Waals surface area contributed by atoms with E-state index in [1.807, 2.05) is 24.3 Å². The van der Waals surface area contributed by atoms with Crippen LogP contribution in [-0.2, 0) is 14.3 Å². The molecule has 0 amide bonds. The van der Waals surface area contributed by atoms with Gasteiger partial charge in [-0.05, 0) is 25.7 Å². The average Bonchev–Trinajstić information content (AvgIpc) is 2.57. The summed E-state index contributed by atoms with van der Waals surface area (Å²) in [5, 5.41) is 0. The van der Waals surface area contributed by atoms with Gasteiger partial charge >= 0.3 is 5.97 Å². The SMILES string of the molecule is C=C(OC1C=CC=C1)C(=O)OCC. The molecule has 1 aliphatic carbocycles. The maximum atomic E-state index is 11.0. The summed E-state index contributed by atoms with van der Waals surface area (Å²) in [6.45, 7) is 5.54. The normalized spacial score (nSPS) is 14.5. The lowest BCUT2D eigenvalue weighted by molar-refractivity contribution is -0.142. The molecule has 0 bridgehead atoms. The summed E-state index contributed by atoms with van der Waals surface area (Å²) in [7, 11) is 0. The lowest BCUT2D eigenvalue weighted by Crippen LogP contribution is -2.13. The average molecular weight is 180 g/mol. The smallest absolute Gasteiger partial charge is 0.372 e. The first kappa shape index (κ1) is 9.58. The molecule has 70 valence electrons. The largest absolute Gasteiger partial charge is 0.475 e. The van der Waals surface area contributed by atoms with Crippen molar-refractivity contribution in [2.24, 2.45) is 0 Å². The van der Waals surface area contributed by atoms with Crippen LogP contribution >= 0.6 is 0 Å². The van der Waals surface area contributed by atoms with Crippen LogP contribution < -0.4 is 0 Å². The second kappa shape index (κ2) is 4.50. The number of allylic oxidation sites excluding steroid dienone is 2. The van der Waals surface area contributed by atoms with Gasteiger partial charge in [0.2, 0.25) is 0 Å². The van der Waals surface area contributed by atoms with Crippen molar-refractivity contribution >= 4 is 5.97 Å². The molecule has 0 saturated heterocycles. The van der Waals surface area contributed by atoms with Gasteiger partial charge in [0.1, 0.15) is 6.10 Å². The minimum atomic E-state index is -0.504. The van der Waals surface area contributed by atoms with Gasteiger partial charge in [0.15, 0.2) is 5.76 Å². The molecule has 0 N–H and O–H groups in total. The van der Waals surface area contributed by atoms with E-state index >= 15 is 0 Å². The molecule has 0 aromatic carbocycles. The van der Waals surface area contributed by atoms with Gasteiger partial charge in [0.25, 0.3) is 0 Å². The van der Waals surface area contributed by atoms with E-state index in [9.17, 15) is 4.79 Å². The van der Waals surface area contributed by atoms with Gasteiger partial charge in [0, 0.05) is 0 Å². The molecule has 0 radical (unpaired) electrons. The Hall–Kier alpha value is -1.51. The van der Waals surface area contributed by atoms with Crippen molar-refractivity contribution in [2.45, 2.75) is 13.0 Å². The zero-order valence-corrected chi connectivity index (χ0v) is 7.53. The maximum absolute atomic E-state index is 11.0. The van der Waals surface area contributed by atoms with E-state index in [2.05, 4.69) is 6.58 Å². The maximum Gasteiger partial charge on any atom is 0.372 e. The Labute approximate surface area is 77.3 Å². The minimum absolute atomic E-state index is 0.0445. The number of esters is 1. The molecule has 0 saturated carbocycles. The van der Waals surface area contributed by atoms with E-state index in [-0.39, 0.29) is 11.9 Å². The van der Waals surface area contributed by atoms with Gasteiger partial charge in [-0.15, -0.1) is 0 Å². The first-order valence-electron chi connectivity index (χ1n) is 4.11. The molecule has 0 aliphatic heterocycles. The van der Waals surface area contributed by atoms with Gasteiger partial charge in [-0.1, -0.05) is 12.2 Å². The zero-order valence-electron chi connectivity index (χ0n) is 7.53. The van der Waals surface area contributed by atoms with Gasteiger partial charge in [-0.2, -0.15) is 0 Å². The number of rotatable bonds is 4. The first-order valence-corrected chi connectivity index (χ1v) is 4.11. The van der Waals surface area contributed by atoms with Crippen LogP contribution in [0.1, 0.15) is 6.92 Å². The van der Waals surface area contributed by atoms with Crippen molar-refractivity contribution in [1.29, 1.82) is 0 Å². The van der Waals surface area contributed by atoms with Crippen LogP contribution in [0.25, 0.3) is 0 Å². The monoisotopic (exact) mass is 180 g/mol. The Morgan fingerprint density at radius 1 is 1.46 bits per heavy atom. The number of carbonyl (C=O) groups is 1. The summed E-state index contributed by atoms with van der Waals surface area (Å²) < 4.78 is 9.89. The topological polar surface area (TPSA) is 35.5 Å². The van der Waals surface area contributed by atoms with Crippen molar-refractivity contribution in [2.75, 3.05) is 6.61 Å². The molecule has 0 spiro atoms. The second-order valence-corrected chi connectivity index (χ2v) is 2.50. The molecule has 1 aliphatic rings. The lowest BCUT2D eigenvalue weighted by Gasteiger charge is -2.10. The van der Waals surface area contributed by atoms with Crippen LogP contribution in [0.5, 0.6) is 0 Å². The highest BCUT2D eigenvalue weighted by molar-refractivity contribution is 5.85. The molecule has 0 unspecified atom stereocenters. The molecule has 3 nitrogen and oxygen atoms in total. The van der Waals surface area contributed by atoms with Crippen LogP contribution in [0, 0.1) is 0 Å². The van der Waals surface area contributed by atoms with Gasteiger partial charge in [-0.25, -0.2) is 4.79 Å². The van der Waals surface area contributed by atoms with Crippen molar-refractivity contribution in [3.8, 4) is 0 Å². The second-order valence-electron chi connectivity index (χ2n) is 2.50. The molecule has 3 heteroatoms. The predicted octanol–water partition coefficient (Wildman–Crippen LogP) is 1.57. The molecule has 1 rings (SSSR count). The highest BCUT2D eigenvalue weighted by Crippen LogP contribution is 2.09. The predicted molar refractivity (Wildman–Crippen MR) is 48.9 cm³/mol. The van der Waals surface area contributed by atoms with Gasteiger partial charge in [-0.3, -0.25) is 0 Å². The Morgan fingerprint density at radius 2 is 2.08 bits per heavy atom. The molecular formula is C10H12O3. The highest BCUT2D eigenvalue weighted by atomic mass is 16.6. The van der Waals surface area contributed by atoms with Gasteiger partial charge < -0.3 is 9.47 Å². The molecular weight excluding hydrogens is 168 g/mol. The van der Waals surface area contributed by atoms with Crippen molar-refractivity contribution in [1.82, 2.24) is 0 Å². The number of ether oxygens (including phenoxy) is 2.